The van der Waals surface area contributed by atoms with Crippen molar-refractivity contribution in [1.29, 1.82) is 0 Å². The molecule has 0 aliphatic rings. The number of amides is 3. The van der Waals surface area contributed by atoms with Crippen LogP contribution >= 0.6 is 11.6 Å². The van der Waals surface area contributed by atoms with Gasteiger partial charge in [-0.2, -0.15) is 8.42 Å². The second kappa shape index (κ2) is 13.6. The molecule has 0 saturated heterocycles. The highest BCUT2D eigenvalue weighted by Gasteiger charge is 2.09. The van der Waals surface area contributed by atoms with E-state index in [-0.39, 0.29) is 22.5 Å². The molecule has 10 nitrogen and oxygen atoms in total. The fraction of sp³-hybridized carbons (Fsp3) is 0.107. The maximum atomic E-state index is 12.2. The average molecular weight is 583 g/mol. The molecule has 208 valence electrons. The number of nitrogens with zero attached hydrogens (tertiary/aromatic N) is 1. The lowest BCUT2D eigenvalue weighted by molar-refractivity contribution is 0.0957. The van der Waals surface area contributed by atoms with Crippen LogP contribution < -0.4 is 20.7 Å². The molecule has 4 rings (SSSR count). The molecular formula is C28H27ClN4O6S. The molecule has 0 fully saturated rings. The average Bonchev–Trinajstić information content (AvgIpc) is 2.91. The van der Waals surface area contributed by atoms with E-state index >= 15 is 0 Å². The number of hydrogen-bond donors (Lipinski definition) is 4. The first-order valence-electron chi connectivity index (χ1n) is 11.8. The Hall–Kier alpha value is -4.45. The van der Waals surface area contributed by atoms with Crippen LogP contribution in [0.3, 0.4) is 0 Å². The largest absolute Gasteiger partial charge is 0.457 e. The van der Waals surface area contributed by atoms with Crippen molar-refractivity contribution in [2.45, 2.75) is 18.7 Å². The van der Waals surface area contributed by atoms with E-state index in [0.717, 1.165) is 11.1 Å². The number of carbonyl (C=O) groups is 2. The lowest BCUT2D eigenvalue weighted by Crippen LogP contribution is -2.19. The first kappa shape index (κ1) is 30.1. The van der Waals surface area contributed by atoms with Crippen molar-refractivity contribution < 1.29 is 27.3 Å². The number of carbonyl (C=O) groups excluding carboxylic acids is 2. The molecule has 40 heavy (non-hydrogen) atoms. The number of halogens is 1. The molecule has 0 atom stereocenters. The molecular weight excluding hydrogens is 556 g/mol. The summed E-state index contributed by atoms with van der Waals surface area (Å²) in [6.07, 6.45) is 1.50. The van der Waals surface area contributed by atoms with Gasteiger partial charge in [0.15, 0.2) is 0 Å². The molecule has 4 N–H and O–H groups in total. The fourth-order valence-corrected chi connectivity index (χ4v) is 3.79. The molecule has 4 aromatic rings. The van der Waals surface area contributed by atoms with Gasteiger partial charge in [-0.1, -0.05) is 29.3 Å². The van der Waals surface area contributed by atoms with Crippen LogP contribution in [-0.4, -0.2) is 36.9 Å². The summed E-state index contributed by atoms with van der Waals surface area (Å²) in [5.41, 5.74) is 3.34. The lowest BCUT2D eigenvalue weighted by atomic mass is 10.2. The number of urea groups is 1. The van der Waals surface area contributed by atoms with Gasteiger partial charge in [0.25, 0.3) is 16.0 Å². The Labute approximate surface area is 237 Å². The Morgan fingerprint density at radius 3 is 2.08 bits per heavy atom. The quantitative estimate of drug-likeness (QED) is 0.201. The van der Waals surface area contributed by atoms with Crippen molar-refractivity contribution >= 4 is 45.0 Å². The minimum atomic E-state index is -4.02. The number of ether oxygens (including phenoxy) is 1. The van der Waals surface area contributed by atoms with Gasteiger partial charge in [-0.3, -0.25) is 14.3 Å². The summed E-state index contributed by atoms with van der Waals surface area (Å²) in [5.74, 6) is 0.741. The normalized spacial score (nSPS) is 10.5. The monoisotopic (exact) mass is 582 g/mol. The summed E-state index contributed by atoms with van der Waals surface area (Å²) in [6.45, 7) is 3.71. The Kier molecular flexibility index (Phi) is 10.2. The fourth-order valence-electron chi connectivity index (χ4n) is 3.20. The smallest absolute Gasteiger partial charge is 0.323 e. The van der Waals surface area contributed by atoms with Crippen molar-refractivity contribution in [3.05, 3.63) is 107 Å². The number of rotatable bonds is 6. The molecule has 0 radical (unpaired) electrons. The van der Waals surface area contributed by atoms with E-state index in [1.165, 1.54) is 25.4 Å². The minimum Gasteiger partial charge on any atom is -0.457 e. The van der Waals surface area contributed by atoms with E-state index in [1.807, 2.05) is 13.8 Å². The summed E-state index contributed by atoms with van der Waals surface area (Å²) in [4.78, 5) is 27.7. The Morgan fingerprint density at radius 1 is 0.850 bits per heavy atom. The van der Waals surface area contributed by atoms with Gasteiger partial charge >= 0.3 is 6.03 Å². The maximum Gasteiger partial charge on any atom is 0.323 e. The molecule has 0 spiro atoms. The van der Waals surface area contributed by atoms with E-state index in [4.69, 9.17) is 20.9 Å². The first-order chi connectivity index (χ1) is 18.9. The summed E-state index contributed by atoms with van der Waals surface area (Å²) in [7, 11) is -2.48. The lowest BCUT2D eigenvalue weighted by Gasteiger charge is -2.10. The van der Waals surface area contributed by atoms with Crippen molar-refractivity contribution in [1.82, 2.24) is 10.3 Å². The van der Waals surface area contributed by atoms with Crippen LogP contribution in [0.2, 0.25) is 5.02 Å². The van der Waals surface area contributed by atoms with E-state index in [2.05, 4.69) is 20.9 Å². The van der Waals surface area contributed by atoms with Crippen LogP contribution in [0.15, 0.2) is 90.0 Å². The molecule has 3 aromatic carbocycles. The minimum absolute atomic E-state index is 0.0666. The molecule has 0 bridgehead atoms. The number of benzene rings is 3. The van der Waals surface area contributed by atoms with Crippen LogP contribution in [-0.2, 0) is 10.1 Å². The molecule has 0 aliphatic carbocycles. The first-order valence-corrected chi connectivity index (χ1v) is 13.6. The van der Waals surface area contributed by atoms with Crippen LogP contribution in [0.1, 0.15) is 21.6 Å². The predicted molar refractivity (Wildman–Crippen MR) is 154 cm³/mol. The number of hydrogen-bond acceptors (Lipinski definition) is 6. The Morgan fingerprint density at radius 2 is 1.48 bits per heavy atom. The molecule has 0 unspecified atom stereocenters. The molecule has 0 saturated carbocycles. The van der Waals surface area contributed by atoms with Crippen molar-refractivity contribution in [2.75, 3.05) is 17.7 Å². The summed E-state index contributed by atoms with van der Waals surface area (Å²) in [6, 6.07) is 20.9. The third kappa shape index (κ3) is 9.09. The number of aromatic nitrogens is 1. The Balaban J connectivity index is 0.000000336. The number of anilines is 2. The van der Waals surface area contributed by atoms with Gasteiger partial charge in [-0.25, -0.2) is 4.79 Å². The van der Waals surface area contributed by atoms with E-state index in [0.29, 0.717) is 27.9 Å². The summed E-state index contributed by atoms with van der Waals surface area (Å²) < 4.78 is 35.3. The zero-order valence-corrected chi connectivity index (χ0v) is 23.4. The van der Waals surface area contributed by atoms with Gasteiger partial charge in [0.05, 0.1) is 4.90 Å². The van der Waals surface area contributed by atoms with E-state index in [1.54, 1.807) is 66.7 Å². The topological polar surface area (TPSA) is 147 Å². The van der Waals surface area contributed by atoms with E-state index < -0.39 is 10.1 Å². The molecule has 1 aromatic heterocycles. The van der Waals surface area contributed by atoms with Gasteiger partial charge in [0.2, 0.25) is 0 Å². The van der Waals surface area contributed by atoms with Crippen molar-refractivity contribution in [3.8, 4) is 11.5 Å². The number of aryl methyl sites for hydroxylation is 2. The third-order valence-corrected chi connectivity index (χ3v) is 6.57. The van der Waals surface area contributed by atoms with Crippen LogP contribution in [0.25, 0.3) is 0 Å². The second-order valence-electron chi connectivity index (χ2n) is 8.41. The van der Waals surface area contributed by atoms with Gasteiger partial charge < -0.3 is 20.7 Å². The van der Waals surface area contributed by atoms with Crippen LogP contribution in [0.5, 0.6) is 11.5 Å². The van der Waals surface area contributed by atoms with E-state index in [9.17, 15) is 18.0 Å². The highest BCUT2D eigenvalue weighted by molar-refractivity contribution is 7.85. The molecule has 0 aliphatic heterocycles. The molecule has 1 heterocycles. The number of nitrogens with one attached hydrogen (secondary N) is 3. The van der Waals surface area contributed by atoms with Gasteiger partial charge in [0, 0.05) is 35.7 Å². The SMILES string of the molecule is CNC(=O)c1cc(Oc2ccc(NC(=O)Nc3ccc(Cl)c(C)c3)cc2)ccn1.Cc1ccc(S(=O)(=O)O)cc1. The zero-order valence-electron chi connectivity index (χ0n) is 21.8. The van der Waals surface area contributed by atoms with Crippen LogP contribution in [0.4, 0.5) is 16.2 Å². The zero-order chi connectivity index (χ0) is 29.3. The Bertz CT molecular complexity index is 1590. The summed E-state index contributed by atoms with van der Waals surface area (Å²) in [5, 5.41) is 8.65. The van der Waals surface area contributed by atoms with Gasteiger partial charge in [0.1, 0.15) is 17.2 Å². The molecule has 3 amide bonds. The highest BCUT2D eigenvalue weighted by atomic mass is 35.5. The number of pyridine rings is 1. The van der Waals surface area contributed by atoms with Crippen LogP contribution in [0, 0.1) is 13.8 Å². The third-order valence-electron chi connectivity index (χ3n) is 5.27. The highest BCUT2D eigenvalue weighted by Crippen LogP contribution is 2.24. The van der Waals surface area contributed by atoms with Gasteiger partial charge in [-0.05, 0) is 80.1 Å². The van der Waals surface area contributed by atoms with Gasteiger partial charge in [-0.15, -0.1) is 0 Å². The van der Waals surface area contributed by atoms with Crippen molar-refractivity contribution in [3.63, 3.8) is 0 Å². The molecule has 12 heteroatoms. The maximum absolute atomic E-state index is 12.2. The predicted octanol–water partition coefficient (Wildman–Crippen LogP) is 6.08. The van der Waals surface area contributed by atoms with Crippen molar-refractivity contribution in [2.24, 2.45) is 0 Å². The standard InChI is InChI=1S/C21H19ClN4O3.C7H8O3S/c1-13-11-15(5-8-18(13)22)26-21(28)25-14-3-6-16(7-4-14)29-17-9-10-24-19(12-17)20(27)23-2;1-6-2-4-7(5-3-6)11(8,9)10/h3-12H,1-2H3,(H,23,27)(H2,25,26,28);2-5H,1H3,(H,8,9,10). The second-order valence-corrected chi connectivity index (χ2v) is 10.2. The summed E-state index contributed by atoms with van der Waals surface area (Å²) >= 11 is 5.99.